The highest BCUT2D eigenvalue weighted by molar-refractivity contribution is 5.95. The number of nitrogens with zero attached hydrogens (tertiary/aromatic N) is 2. The highest BCUT2D eigenvalue weighted by Gasteiger charge is 2.33. The van der Waals surface area contributed by atoms with E-state index in [0.29, 0.717) is 49.9 Å². The van der Waals surface area contributed by atoms with Gasteiger partial charge in [0.2, 0.25) is 0 Å². The van der Waals surface area contributed by atoms with Crippen LogP contribution in [0.5, 0.6) is 11.5 Å². The quantitative estimate of drug-likeness (QED) is 0.768. The average Bonchev–Trinajstić information content (AvgIpc) is 2.59. The van der Waals surface area contributed by atoms with Gasteiger partial charge in [-0.15, -0.1) is 0 Å². The summed E-state index contributed by atoms with van der Waals surface area (Å²) in [7, 11) is 0. The van der Waals surface area contributed by atoms with Crippen molar-refractivity contribution in [1.29, 1.82) is 0 Å². The Labute approximate surface area is 153 Å². The van der Waals surface area contributed by atoms with Gasteiger partial charge in [-0.2, -0.15) is 0 Å². The maximum atomic E-state index is 12.8. The minimum Gasteiger partial charge on any atom is -0.486 e. The third-order valence-corrected chi connectivity index (χ3v) is 4.33. The molecule has 2 aliphatic rings. The molecule has 1 saturated heterocycles. The lowest BCUT2D eigenvalue weighted by Gasteiger charge is -2.40. The van der Waals surface area contributed by atoms with Crippen LogP contribution in [0.3, 0.4) is 0 Å². The zero-order valence-electron chi connectivity index (χ0n) is 15.8. The fraction of sp³-hybridized carbons (Fsp3) is 0.579. The van der Waals surface area contributed by atoms with Gasteiger partial charge < -0.3 is 24.0 Å². The van der Waals surface area contributed by atoms with Crippen molar-refractivity contribution in [2.45, 2.75) is 39.3 Å². The van der Waals surface area contributed by atoms with Gasteiger partial charge in [0.1, 0.15) is 18.8 Å². The van der Waals surface area contributed by atoms with Crippen LogP contribution in [0.15, 0.2) is 18.2 Å². The van der Waals surface area contributed by atoms with Gasteiger partial charge in [-0.05, 0) is 45.9 Å². The van der Waals surface area contributed by atoms with E-state index >= 15 is 0 Å². The molecule has 2 amide bonds. The zero-order valence-corrected chi connectivity index (χ0v) is 15.8. The van der Waals surface area contributed by atoms with Crippen LogP contribution in [0.1, 0.15) is 38.1 Å². The van der Waals surface area contributed by atoms with Crippen LogP contribution in [0.2, 0.25) is 0 Å². The number of fused-ring (bicyclic) bond motifs is 1. The van der Waals surface area contributed by atoms with Gasteiger partial charge >= 0.3 is 6.09 Å². The van der Waals surface area contributed by atoms with E-state index in [0.717, 1.165) is 0 Å². The second-order valence-electron chi connectivity index (χ2n) is 7.63. The number of benzene rings is 1. The molecule has 142 valence electrons. The Kier molecular flexibility index (Phi) is 4.98. The summed E-state index contributed by atoms with van der Waals surface area (Å²) in [5.74, 6) is 1.19. The van der Waals surface area contributed by atoms with Crippen molar-refractivity contribution in [2.24, 2.45) is 0 Å². The largest absolute Gasteiger partial charge is 0.486 e. The molecule has 0 bridgehead atoms. The number of carbonyl (C=O) groups is 2. The smallest absolute Gasteiger partial charge is 0.410 e. The van der Waals surface area contributed by atoms with Crippen molar-refractivity contribution in [3.05, 3.63) is 23.8 Å². The van der Waals surface area contributed by atoms with Gasteiger partial charge in [-0.25, -0.2) is 4.79 Å². The number of piperazine rings is 1. The minimum atomic E-state index is -0.533. The molecule has 0 spiro atoms. The van der Waals surface area contributed by atoms with Crippen molar-refractivity contribution in [3.63, 3.8) is 0 Å². The minimum absolute atomic E-state index is 0.0716. The Morgan fingerprint density at radius 1 is 1.12 bits per heavy atom. The number of hydrogen-bond acceptors (Lipinski definition) is 5. The van der Waals surface area contributed by atoms with Crippen molar-refractivity contribution in [2.75, 3.05) is 32.8 Å². The number of ether oxygens (including phenoxy) is 3. The number of hydrogen-bond donors (Lipinski definition) is 0. The van der Waals surface area contributed by atoms with Crippen molar-refractivity contribution in [1.82, 2.24) is 9.80 Å². The van der Waals surface area contributed by atoms with Crippen LogP contribution < -0.4 is 9.47 Å². The van der Waals surface area contributed by atoms with E-state index in [4.69, 9.17) is 14.2 Å². The molecule has 7 nitrogen and oxygen atoms in total. The summed E-state index contributed by atoms with van der Waals surface area (Å²) in [5, 5.41) is 0. The predicted molar refractivity (Wildman–Crippen MR) is 95.7 cm³/mol. The van der Waals surface area contributed by atoms with E-state index < -0.39 is 5.60 Å². The monoisotopic (exact) mass is 362 g/mol. The van der Waals surface area contributed by atoms with Crippen molar-refractivity contribution in [3.8, 4) is 11.5 Å². The van der Waals surface area contributed by atoms with Gasteiger partial charge in [0.05, 0.1) is 0 Å². The Hall–Kier alpha value is -2.44. The number of carbonyl (C=O) groups excluding carboxylic acids is 2. The molecule has 0 saturated carbocycles. The summed E-state index contributed by atoms with van der Waals surface area (Å²) >= 11 is 0. The molecule has 1 fully saturated rings. The molecule has 26 heavy (non-hydrogen) atoms. The summed E-state index contributed by atoms with van der Waals surface area (Å²) in [5.41, 5.74) is 0.0294. The lowest BCUT2D eigenvalue weighted by Crippen LogP contribution is -2.56. The summed E-state index contributed by atoms with van der Waals surface area (Å²) in [6.45, 7) is 9.84. The first-order valence-electron chi connectivity index (χ1n) is 8.93. The van der Waals surface area contributed by atoms with E-state index in [2.05, 4.69) is 0 Å². The van der Waals surface area contributed by atoms with E-state index in [1.54, 1.807) is 28.0 Å². The standard InChI is InChI=1S/C19H26N2O5/c1-13-12-20(7-8-21(13)18(23)26-19(2,3)4)17(22)14-5-6-15-16(11-14)25-10-9-24-15/h5-6,11,13H,7-10,12H2,1-4H3. The van der Waals surface area contributed by atoms with Crippen molar-refractivity contribution >= 4 is 12.0 Å². The molecular weight excluding hydrogens is 336 g/mol. The number of rotatable bonds is 1. The first-order chi connectivity index (χ1) is 12.2. The molecule has 3 rings (SSSR count). The first kappa shape index (κ1) is 18.4. The van der Waals surface area contributed by atoms with E-state index in [-0.39, 0.29) is 18.0 Å². The van der Waals surface area contributed by atoms with Gasteiger partial charge in [-0.1, -0.05) is 0 Å². The molecule has 1 unspecified atom stereocenters. The topological polar surface area (TPSA) is 68.3 Å². The Bertz CT molecular complexity index is 698. The van der Waals surface area contributed by atoms with Crippen LogP contribution in [-0.4, -0.2) is 66.3 Å². The Balaban J connectivity index is 1.65. The normalized spacial score (nSPS) is 19.9. The third-order valence-electron chi connectivity index (χ3n) is 4.33. The maximum Gasteiger partial charge on any atom is 0.410 e. The average molecular weight is 362 g/mol. The van der Waals surface area contributed by atoms with Crippen LogP contribution in [0.4, 0.5) is 4.79 Å². The Morgan fingerprint density at radius 2 is 1.81 bits per heavy atom. The Morgan fingerprint density at radius 3 is 2.46 bits per heavy atom. The molecule has 1 atom stereocenters. The molecule has 1 aromatic carbocycles. The SMILES string of the molecule is CC1CN(C(=O)c2ccc3c(c2)OCCO3)CCN1C(=O)OC(C)(C)C. The van der Waals surface area contributed by atoms with Crippen LogP contribution in [-0.2, 0) is 4.74 Å². The molecule has 1 aromatic rings. The van der Waals surface area contributed by atoms with Gasteiger partial charge in [-0.3, -0.25) is 4.79 Å². The molecule has 0 aliphatic carbocycles. The summed E-state index contributed by atoms with van der Waals surface area (Å²) in [6, 6.07) is 5.13. The van der Waals surface area contributed by atoms with Crippen molar-refractivity contribution < 1.29 is 23.8 Å². The predicted octanol–water partition coefficient (Wildman–Crippen LogP) is 2.54. The van der Waals surface area contributed by atoms with E-state index in [9.17, 15) is 9.59 Å². The highest BCUT2D eigenvalue weighted by atomic mass is 16.6. The molecule has 0 N–H and O–H groups in total. The van der Waals surface area contributed by atoms with Gasteiger partial charge in [0.15, 0.2) is 11.5 Å². The molecule has 0 aromatic heterocycles. The highest BCUT2D eigenvalue weighted by Crippen LogP contribution is 2.31. The van der Waals surface area contributed by atoms with Crippen LogP contribution in [0, 0.1) is 0 Å². The fourth-order valence-corrected chi connectivity index (χ4v) is 3.09. The number of amides is 2. The molecule has 2 heterocycles. The molecular formula is C19H26N2O5. The maximum absolute atomic E-state index is 12.8. The first-order valence-corrected chi connectivity index (χ1v) is 8.93. The molecule has 2 aliphatic heterocycles. The van der Waals surface area contributed by atoms with Gasteiger partial charge in [0.25, 0.3) is 5.91 Å². The van der Waals surface area contributed by atoms with E-state index in [1.165, 1.54) is 0 Å². The molecule has 7 heteroatoms. The second kappa shape index (κ2) is 7.05. The summed E-state index contributed by atoms with van der Waals surface area (Å²) in [4.78, 5) is 28.6. The van der Waals surface area contributed by atoms with Crippen LogP contribution >= 0.6 is 0 Å². The summed E-state index contributed by atoms with van der Waals surface area (Å²) < 4.78 is 16.5. The van der Waals surface area contributed by atoms with E-state index in [1.807, 2.05) is 27.7 Å². The second-order valence-corrected chi connectivity index (χ2v) is 7.63. The van der Waals surface area contributed by atoms with Gasteiger partial charge in [0, 0.05) is 31.2 Å². The zero-order chi connectivity index (χ0) is 18.9. The summed E-state index contributed by atoms with van der Waals surface area (Å²) in [6.07, 6.45) is -0.337. The lowest BCUT2D eigenvalue weighted by atomic mass is 10.1. The fourth-order valence-electron chi connectivity index (χ4n) is 3.09. The third kappa shape index (κ3) is 4.03. The molecule has 0 radical (unpaired) electrons. The lowest BCUT2D eigenvalue weighted by molar-refractivity contribution is 0.00198. The van der Waals surface area contributed by atoms with Crippen LogP contribution in [0.25, 0.3) is 0 Å².